The van der Waals surface area contributed by atoms with Gasteiger partial charge in [0.1, 0.15) is 12.2 Å². The largest absolute Gasteiger partial charge is 0.391 e. The lowest BCUT2D eigenvalue weighted by Crippen LogP contribution is -2.61. The molecule has 0 bridgehead atoms. The Labute approximate surface area is 76.2 Å². The van der Waals surface area contributed by atoms with Gasteiger partial charge in [-0.2, -0.15) is 0 Å². The van der Waals surface area contributed by atoms with Crippen molar-refractivity contribution in [2.45, 2.75) is 36.9 Å². The van der Waals surface area contributed by atoms with Crippen molar-refractivity contribution < 1.29 is 20.4 Å². The third kappa shape index (κ3) is 1.37. The van der Waals surface area contributed by atoms with Gasteiger partial charge >= 0.3 is 0 Å². The maximum Gasteiger partial charge on any atom is 0.109 e. The molecule has 0 aromatic carbocycles. The molecular formula is C8H15NO4. The van der Waals surface area contributed by atoms with Crippen LogP contribution in [0.25, 0.3) is 0 Å². The van der Waals surface area contributed by atoms with Gasteiger partial charge in [0.05, 0.1) is 18.2 Å². The monoisotopic (exact) mass is 189 g/mol. The summed E-state index contributed by atoms with van der Waals surface area (Å²) in [6.07, 6.45) is -3.06. The molecule has 5 heteroatoms. The summed E-state index contributed by atoms with van der Waals surface area (Å²) < 4.78 is 0. The number of hydrogen-bond acceptors (Lipinski definition) is 5. The van der Waals surface area contributed by atoms with Crippen LogP contribution in [-0.4, -0.2) is 68.9 Å². The van der Waals surface area contributed by atoms with Crippen molar-refractivity contribution in [3.63, 3.8) is 0 Å². The van der Waals surface area contributed by atoms with Gasteiger partial charge in [0.25, 0.3) is 0 Å². The van der Waals surface area contributed by atoms with E-state index in [9.17, 15) is 20.4 Å². The molecule has 76 valence electrons. The lowest BCUT2D eigenvalue weighted by Gasteiger charge is -2.40. The van der Waals surface area contributed by atoms with Crippen LogP contribution in [0.3, 0.4) is 0 Å². The molecule has 2 fully saturated rings. The number of fused-ring (bicyclic) bond motifs is 1. The zero-order chi connectivity index (χ0) is 9.59. The van der Waals surface area contributed by atoms with Crippen molar-refractivity contribution in [3.8, 4) is 0 Å². The SMILES string of the molecule is O[C@H]1[C@H](O)C2[C@@H](O)CCN2C[C@@H]1O. The highest BCUT2D eigenvalue weighted by atomic mass is 16.4. The van der Waals surface area contributed by atoms with Crippen LogP contribution in [0.2, 0.25) is 0 Å². The standard InChI is InChI=1S/C8H15NO4/c10-4-1-2-9-3-5(11)7(12)8(13)6(4)9/h4-8,10-13H,1-3H2/t4-,5-,6?,7+,8+/m0/s1. The van der Waals surface area contributed by atoms with Gasteiger partial charge in [-0.25, -0.2) is 0 Å². The molecule has 2 saturated heterocycles. The highest BCUT2D eigenvalue weighted by Gasteiger charge is 2.47. The molecule has 0 aromatic heterocycles. The first kappa shape index (κ1) is 9.36. The van der Waals surface area contributed by atoms with E-state index >= 15 is 0 Å². The summed E-state index contributed by atoms with van der Waals surface area (Å²) in [5.41, 5.74) is 0. The summed E-state index contributed by atoms with van der Waals surface area (Å²) in [5, 5.41) is 37.8. The van der Waals surface area contributed by atoms with Crippen LogP contribution in [0.4, 0.5) is 0 Å². The van der Waals surface area contributed by atoms with E-state index in [1.165, 1.54) is 0 Å². The Hall–Kier alpha value is -0.200. The maximum atomic E-state index is 9.58. The molecule has 2 rings (SSSR count). The quantitative estimate of drug-likeness (QED) is 0.339. The molecule has 0 amide bonds. The average Bonchev–Trinajstić information content (AvgIpc) is 2.43. The Morgan fingerprint density at radius 3 is 2.31 bits per heavy atom. The average molecular weight is 189 g/mol. The summed E-state index contributed by atoms with van der Waals surface area (Å²) in [6.45, 7) is 1.01. The Bertz CT molecular complexity index is 201. The van der Waals surface area contributed by atoms with E-state index in [-0.39, 0.29) is 0 Å². The van der Waals surface area contributed by atoms with E-state index in [0.29, 0.717) is 19.5 Å². The van der Waals surface area contributed by atoms with E-state index in [1.807, 2.05) is 4.90 Å². The highest BCUT2D eigenvalue weighted by molar-refractivity contribution is 5.01. The van der Waals surface area contributed by atoms with Crippen molar-refractivity contribution in [2.75, 3.05) is 13.1 Å². The first-order valence-corrected chi connectivity index (χ1v) is 4.57. The summed E-state index contributed by atoms with van der Waals surface area (Å²) in [6, 6.07) is -0.404. The predicted octanol–water partition coefficient (Wildman–Crippen LogP) is -2.48. The molecule has 5 atom stereocenters. The van der Waals surface area contributed by atoms with Crippen molar-refractivity contribution in [1.82, 2.24) is 4.90 Å². The summed E-state index contributed by atoms with van der Waals surface area (Å²) >= 11 is 0. The van der Waals surface area contributed by atoms with E-state index in [4.69, 9.17) is 0 Å². The second-order valence-corrected chi connectivity index (χ2v) is 3.89. The van der Waals surface area contributed by atoms with Gasteiger partial charge in [0.15, 0.2) is 0 Å². The lowest BCUT2D eigenvalue weighted by molar-refractivity contribution is -0.140. The van der Waals surface area contributed by atoms with Crippen LogP contribution in [0.1, 0.15) is 6.42 Å². The van der Waals surface area contributed by atoms with Gasteiger partial charge in [-0.15, -0.1) is 0 Å². The minimum Gasteiger partial charge on any atom is -0.391 e. The zero-order valence-corrected chi connectivity index (χ0v) is 7.24. The van der Waals surface area contributed by atoms with E-state index < -0.39 is 30.5 Å². The molecule has 5 nitrogen and oxygen atoms in total. The molecule has 4 N–H and O–H groups in total. The first-order chi connectivity index (χ1) is 6.11. The van der Waals surface area contributed by atoms with Gasteiger partial charge in [-0.1, -0.05) is 0 Å². The van der Waals surface area contributed by atoms with E-state index in [2.05, 4.69) is 0 Å². The molecule has 1 unspecified atom stereocenters. The van der Waals surface area contributed by atoms with Crippen molar-refractivity contribution >= 4 is 0 Å². The Morgan fingerprint density at radius 2 is 1.62 bits per heavy atom. The van der Waals surface area contributed by atoms with Gasteiger partial charge in [-0.3, -0.25) is 4.90 Å². The summed E-state index contributed by atoms with van der Waals surface area (Å²) in [4.78, 5) is 1.83. The third-order valence-corrected chi connectivity index (χ3v) is 3.04. The minimum atomic E-state index is -1.13. The van der Waals surface area contributed by atoms with Crippen LogP contribution in [0.15, 0.2) is 0 Å². The van der Waals surface area contributed by atoms with Crippen LogP contribution in [-0.2, 0) is 0 Å². The molecule has 0 aromatic rings. The van der Waals surface area contributed by atoms with Crippen molar-refractivity contribution in [1.29, 1.82) is 0 Å². The number of aliphatic hydroxyl groups excluding tert-OH is 4. The number of aliphatic hydroxyl groups is 4. The van der Waals surface area contributed by atoms with Gasteiger partial charge in [0, 0.05) is 13.1 Å². The number of hydrogen-bond donors (Lipinski definition) is 4. The van der Waals surface area contributed by atoms with Crippen molar-refractivity contribution in [2.24, 2.45) is 0 Å². The predicted molar refractivity (Wildman–Crippen MR) is 44.0 cm³/mol. The van der Waals surface area contributed by atoms with Gasteiger partial charge < -0.3 is 20.4 Å². The van der Waals surface area contributed by atoms with Crippen LogP contribution < -0.4 is 0 Å². The second-order valence-electron chi connectivity index (χ2n) is 3.89. The highest BCUT2D eigenvalue weighted by Crippen LogP contribution is 2.27. The van der Waals surface area contributed by atoms with E-state index in [1.54, 1.807) is 0 Å². The molecule has 2 aliphatic heterocycles. The lowest BCUT2D eigenvalue weighted by atomic mass is 9.93. The molecule has 2 aliphatic rings. The topological polar surface area (TPSA) is 84.2 Å². The normalized spacial score (nSPS) is 52.2. The molecule has 0 radical (unpaired) electrons. The Morgan fingerprint density at radius 1 is 0.923 bits per heavy atom. The van der Waals surface area contributed by atoms with Crippen molar-refractivity contribution in [3.05, 3.63) is 0 Å². The molecule has 0 saturated carbocycles. The smallest absolute Gasteiger partial charge is 0.109 e. The molecule has 0 aliphatic carbocycles. The number of nitrogens with zero attached hydrogens (tertiary/aromatic N) is 1. The van der Waals surface area contributed by atoms with Gasteiger partial charge in [0.2, 0.25) is 0 Å². The second kappa shape index (κ2) is 3.18. The summed E-state index contributed by atoms with van der Waals surface area (Å²) in [5.74, 6) is 0. The molecule has 0 spiro atoms. The zero-order valence-electron chi connectivity index (χ0n) is 7.24. The summed E-state index contributed by atoms with van der Waals surface area (Å²) in [7, 11) is 0. The van der Waals surface area contributed by atoms with Crippen LogP contribution >= 0.6 is 0 Å². The van der Waals surface area contributed by atoms with Gasteiger partial charge in [-0.05, 0) is 6.42 Å². The maximum absolute atomic E-state index is 9.58. The Balaban J connectivity index is 2.15. The Kier molecular flexibility index (Phi) is 2.29. The molecule has 2 heterocycles. The van der Waals surface area contributed by atoms with E-state index in [0.717, 1.165) is 0 Å². The van der Waals surface area contributed by atoms with Crippen LogP contribution in [0.5, 0.6) is 0 Å². The fourth-order valence-corrected chi connectivity index (χ4v) is 2.30. The number of piperidine rings is 1. The van der Waals surface area contributed by atoms with Crippen LogP contribution in [0, 0.1) is 0 Å². The first-order valence-electron chi connectivity index (χ1n) is 4.57. The fraction of sp³-hybridized carbons (Fsp3) is 1.00. The third-order valence-electron chi connectivity index (χ3n) is 3.04. The fourth-order valence-electron chi connectivity index (χ4n) is 2.30. The minimum absolute atomic E-state index is 0.333. The molecule has 13 heavy (non-hydrogen) atoms. The number of rotatable bonds is 0. The molecular weight excluding hydrogens is 174 g/mol.